The maximum atomic E-state index is 10.3. The molecule has 1 aromatic carbocycles. The molecule has 0 saturated carbocycles. The fourth-order valence-corrected chi connectivity index (χ4v) is 0.846. The standard InChI is InChI=1S/C7H5N3O3/c8-4-5-1-6(9-11)3-7(2-5)10(12)13/h1-3,9,11H. The summed E-state index contributed by atoms with van der Waals surface area (Å²) in [4.78, 5) is 9.69. The molecule has 13 heavy (non-hydrogen) atoms. The fourth-order valence-electron chi connectivity index (χ4n) is 0.846. The van der Waals surface area contributed by atoms with Gasteiger partial charge in [-0.1, -0.05) is 0 Å². The summed E-state index contributed by atoms with van der Waals surface area (Å²) >= 11 is 0. The van der Waals surface area contributed by atoms with Gasteiger partial charge in [-0.2, -0.15) is 5.26 Å². The van der Waals surface area contributed by atoms with Gasteiger partial charge < -0.3 is 0 Å². The molecule has 0 aliphatic rings. The molecule has 6 heteroatoms. The van der Waals surface area contributed by atoms with Gasteiger partial charge in [0, 0.05) is 12.1 Å². The minimum absolute atomic E-state index is 0.116. The van der Waals surface area contributed by atoms with Crippen molar-refractivity contribution in [3.05, 3.63) is 33.9 Å². The van der Waals surface area contributed by atoms with Gasteiger partial charge in [0.2, 0.25) is 0 Å². The molecule has 0 aliphatic carbocycles. The van der Waals surface area contributed by atoms with Crippen molar-refractivity contribution in [2.75, 3.05) is 5.48 Å². The third kappa shape index (κ3) is 1.91. The molecule has 1 rings (SSSR count). The average molecular weight is 179 g/mol. The van der Waals surface area contributed by atoms with Crippen molar-refractivity contribution < 1.29 is 10.1 Å². The van der Waals surface area contributed by atoms with Crippen molar-refractivity contribution in [1.82, 2.24) is 0 Å². The van der Waals surface area contributed by atoms with Crippen LogP contribution in [-0.4, -0.2) is 10.1 Å². The maximum Gasteiger partial charge on any atom is 0.272 e. The summed E-state index contributed by atoms with van der Waals surface area (Å²) in [6, 6.07) is 5.29. The maximum absolute atomic E-state index is 10.3. The number of hydrogen-bond donors (Lipinski definition) is 2. The largest absolute Gasteiger partial charge is 0.291 e. The number of nitrogens with zero attached hydrogens (tertiary/aromatic N) is 2. The highest BCUT2D eigenvalue weighted by atomic mass is 16.6. The molecule has 0 saturated heterocycles. The van der Waals surface area contributed by atoms with Crippen LogP contribution in [0, 0.1) is 21.4 Å². The smallest absolute Gasteiger partial charge is 0.272 e. The zero-order chi connectivity index (χ0) is 9.84. The number of nitrogens with one attached hydrogen (secondary N) is 1. The number of non-ortho nitro benzene ring substituents is 1. The third-order valence-electron chi connectivity index (χ3n) is 1.39. The number of hydrogen-bond acceptors (Lipinski definition) is 5. The second-order valence-electron chi connectivity index (χ2n) is 2.25. The van der Waals surface area contributed by atoms with Crippen molar-refractivity contribution >= 4 is 11.4 Å². The zero-order valence-electron chi connectivity index (χ0n) is 6.39. The van der Waals surface area contributed by atoms with Crippen molar-refractivity contribution in [3.8, 4) is 6.07 Å². The van der Waals surface area contributed by atoms with E-state index >= 15 is 0 Å². The van der Waals surface area contributed by atoms with Crippen molar-refractivity contribution in [3.63, 3.8) is 0 Å². The highest BCUT2D eigenvalue weighted by Gasteiger charge is 2.08. The first-order chi connectivity index (χ1) is 6.17. The van der Waals surface area contributed by atoms with Crippen LogP contribution in [0.3, 0.4) is 0 Å². The van der Waals surface area contributed by atoms with Crippen LogP contribution in [0.5, 0.6) is 0 Å². The van der Waals surface area contributed by atoms with Crippen LogP contribution in [0.2, 0.25) is 0 Å². The normalized spacial score (nSPS) is 8.92. The van der Waals surface area contributed by atoms with Gasteiger partial charge in [0.05, 0.1) is 22.2 Å². The summed E-state index contributed by atoms with van der Waals surface area (Å²) in [6.07, 6.45) is 0. The molecular formula is C7H5N3O3. The Balaban J connectivity index is 3.24. The van der Waals surface area contributed by atoms with Crippen LogP contribution in [-0.2, 0) is 0 Å². The van der Waals surface area contributed by atoms with E-state index in [9.17, 15) is 10.1 Å². The number of anilines is 1. The van der Waals surface area contributed by atoms with E-state index in [1.807, 2.05) is 0 Å². The Labute approximate surface area is 73.1 Å². The minimum Gasteiger partial charge on any atom is -0.291 e. The predicted octanol–water partition coefficient (Wildman–Crippen LogP) is 1.27. The van der Waals surface area contributed by atoms with E-state index in [1.54, 1.807) is 11.5 Å². The highest BCUT2D eigenvalue weighted by Crippen LogP contribution is 2.19. The molecule has 0 radical (unpaired) electrons. The average Bonchev–Trinajstić information content (AvgIpc) is 2.16. The van der Waals surface area contributed by atoms with E-state index in [-0.39, 0.29) is 16.9 Å². The molecule has 0 unspecified atom stereocenters. The van der Waals surface area contributed by atoms with Crippen molar-refractivity contribution in [1.29, 1.82) is 5.26 Å². The van der Waals surface area contributed by atoms with Gasteiger partial charge >= 0.3 is 0 Å². The SMILES string of the molecule is N#Cc1cc(NO)cc([N+](=O)[O-])c1. The predicted molar refractivity (Wildman–Crippen MR) is 43.2 cm³/mol. The molecular weight excluding hydrogens is 174 g/mol. The highest BCUT2D eigenvalue weighted by molar-refractivity contribution is 5.55. The molecule has 2 N–H and O–H groups in total. The van der Waals surface area contributed by atoms with E-state index in [1.165, 1.54) is 6.07 Å². The Kier molecular flexibility index (Phi) is 2.42. The van der Waals surface area contributed by atoms with E-state index < -0.39 is 4.92 Å². The fraction of sp³-hybridized carbons (Fsp3) is 0. The monoisotopic (exact) mass is 179 g/mol. The molecule has 0 amide bonds. The molecule has 0 heterocycles. The van der Waals surface area contributed by atoms with Gasteiger partial charge in [0.15, 0.2) is 0 Å². The molecule has 0 aliphatic heterocycles. The Morgan fingerprint density at radius 1 is 1.54 bits per heavy atom. The third-order valence-corrected chi connectivity index (χ3v) is 1.39. The van der Waals surface area contributed by atoms with Crippen LogP contribution < -0.4 is 5.48 Å². The van der Waals surface area contributed by atoms with E-state index in [4.69, 9.17) is 10.5 Å². The molecule has 0 fully saturated rings. The Bertz CT molecular complexity index is 383. The minimum atomic E-state index is -0.637. The second-order valence-corrected chi connectivity index (χ2v) is 2.25. The van der Waals surface area contributed by atoms with Gasteiger partial charge in [0.25, 0.3) is 5.69 Å². The molecule has 0 atom stereocenters. The number of nitro benzene ring substituents is 1. The van der Waals surface area contributed by atoms with Crippen LogP contribution >= 0.6 is 0 Å². The van der Waals surface area contributed by atoms with Crippen molar-refractivity contribution in [2.45, 2.75) is 0 Å². The lowest BCUT2D eigenvalue weighted by molar-refractivity contribution is -0.384. The van der Waals surface area contributed by atoms with E-state index in [2.05, 4.69) is 0 Å². The van der Waals surface area contributed by atoms with Gasteiger partial charge in [-0.15, -0.1) is 0 Å². The molecule has 6 nitrogen and oxygen atoms in total. The zero-order valence-corrected chi connectivity index (χ0v) is 6.39. The van der Waals surface area contributed by atoms with Crippen LogP contribution in [0.15, 0.2) is 18.2 Å². The lowest BCUT2D eigenvalue weighted by Crippen LogP contribution is -1.94. The summed E-state index contributed by atoms with van der Waals surface area (Å²) in [6.45, 7) is 0. The van der Waals surface area contributed by atoms with Gasteiger partial charge in [-0.05, 0) is 6.07 Å². The lowest BCUT2D eigenvalue weighted by atomic mass is 10.2. The lowest BCUT2D eigenvalue weighted by Gasteiger charge is -1.98. The molecule has 1 aromatic rings. The number of rotatable bonds is 2. The second kappa shape index (κ2) is 3.51. The number of nitriles is 1. The summed E-state index contributed by atoms with van der Waals surface area (Å²) in [5.74, 6) is 0. The number of nitro groups is 1. The van der Waals surface area contributed by atoms with E-state index in [0.29, 0.717) is 0 Å². The first-order valence-corrected chi connectivity index (χ1v) is 3.27. The Hall–Kier alpha value is -2.13. The van der Waals surface area contributed by atoms with Gasteiger partial charge in [-0.3, -0.25) is 20.8 Å². The summed E-state index contributed by atoms with van der Waals surface area (Å²) in [5, 5.41) is 27.3. The first-order valence-electron chi connectivity index (χ1n) is 3.27. The van der Waals surface area contributed by atoms with Crippen LogP contribution in [0.25, 0.3) is 0 Å². The molecule has 0 aromatic heterocycles. The molecule has 0 spiro atoms. The Morgan fingerprint density at radius 3 is 2.69 bits per heavy atom. The Morgan fingerprint density at radius 2 is 2.23 bits per heavy atom. The molecule has 66 valence electrons. The summed E-state index contributed by atoms with van der Waals surface area (Å²) in [7, 11) is 0. The summed E-state index contributed by atoms with van der Waals surface area (Å²) in [5.41, 5.74) is 1.73. The van der Waals surface area contributed by atoms with Gasteiger partial charge in [-0.25, -0.2) is 0 Å². The van der Waals surface area contributed by atoms with Crippen LogP contribution in [0.1, 0.15) is 5.56 Å². The van der Waals surface area contributed by atoms with Gasteiger partial charge in [0.1, 0.15) is 0 Å². The molecule has 0 bridgehead atoms. The van der Waals surface area contributed by atoms with E-state index in [0.717, 1.165) is 12.1 Å². The van der Waals surface area contributed by atoms with Crippen molar-refractivity contribution in [2.24, 2.45) is 0 Å². The van der Waals surface area contributed by atoms with Crippen LogP contribution in [0.4, 0.5) is 11.4 Å². The number of benzene rings is 1. The first kappa shape index (κ1) is 8.96. The summed E-state index contributed by atoms with van der Waals surface area (Å²) < 4.78 is 0. The quantitative estimate of drug-likeness (QED) is 0.526. The topological polar surface area (TPSA) is 99.2 Å².